The van der Waals surface area contributed by atoms with Crippen LogP contribution in [0.5, 0.6) is 0 Å². The first kappa shape index (κ1) is 5.92. The van der Waals surface area contributed by atoms with Gasteiger partial charge in [0.05, 0.1) is 13.2 Å². The Morgan fingerprint density at radius 1 is 1.67 bits per heavy atom. The lowest BCUT2D eigenvalue weighted by Gasteiger charge is -1.87. The third-order valence-corrected chi connectivity index (χ3v) is 0.598. The molecule has 0 saturated heterocycles. The zero-order valence-corrected chi connectivity index (χ0v) is 4.24. The average molecular weight is 90.1 g/mol. The molecular weight excluding hydrogens is 78.0 g/mol. The van der Waals surface area contributed by atoms with Gasteiger partial charge in [-0.1, -0.05) is 0 Å². The highest BCUT2D eigenvalue weighted by atomic mass is 16.5. The van der Waals surface area contributed by atoms with Crippen LogP contribution in [0.15, 0.2) is 0 Å². The Bertz CT molecular complexity index is 19.5. The van der Waals surface area contributed by atoms with E-state index in [2.05, 4.69) is 5.73 Å². The molecule has 0 atom stereocenters. The van der Waals surface area contributed by atoms with Gasteiger partial charge in [0.25, 0.3) is 0 Å². The summed E-state index contributed by atoms with van der Waals surface area (Å²) in [4.78, 5) is 0. The van der Waals surface area contributed by atoms with Crippen molar-refractivity contribution in [3.63, 3.8) is 0 Å². The van der Waals surface area contributed by atoms with Crippen molar-refractivity contribution in [3.8, 4) is 0 Å². The van der Waals surface area contributed by atoms with E-state index >= 15 is 0 Å². The summed E-state index contributed by atoms with van der Waals surface area (Å²) in [6, 6.07) is 0. The largest absolute Gasteiger partial charge is 0.384 e. The predicted molar refractivity (Wildman–Crippen MR) is 24.2 cm³/mol. The molecule has 0 aliphatic carbocycles. The molecule has 3 N–H and O–H groups in total. The summed E-state index contributed by atoms with van der Waals surface area (Å²) in [6.07, 6.45) is 1.08. The lowest BCUT2D eigenvalue weighted by atomic mass is 10.5. The van der Waals surface area contributed by atoms with Crippen LogP contribution in [0.1, 0.15) is 6.42 Å². The SMILES string of the molecule is COCCC[NH3+]. The van der Waals surface area contributed by atoms with Crippen molar-refractivity contribution in [2.24, 2.45) is 0 Å². The van der Waals surface area contributed by atoms with Gasteiger partial charge in [0.2, 0.25) is 0 Å². The van der Waals surface area contributed by atoms with Crippen LogP contribution in [-0.4, -0.2) is 20.3 Å². The lowest BCUT2D eigenvalue weighted by Crippen LogP contribution is -2.50. The molecular formula is C4H12NO+. The van der Waals surface area contributed by atoms with Gasteiger partial charge in [0, 0.05) is 13.5 Å². The topological polar surface area (TPSA) is 36.9 Å². The first-order valence-corrected chi connectivity index (χ1v) is 2.20. The zero-order valence-electron chi connectivity index (χ0n) is 4.24. The molecule has 0 aliphatic rings. The van der Waals surface area contributed by atoms with Crippen LogP contribution in [-0.2, 0) is 4.74 Å². The van der Waals surface area contributed by atoms with E-state index in [-0.39, 0.29) is 0 Å². The maximum atomic E-state index is 4.74. The minimum atomic E-state index is 0.851. The van der Waals surface area contributed by atoms with Crippen molar-refractivity contribution < 1.29 is 10.5 Å². The number of ether oxygens (including phenoxy) is 1. The fraction of sp³-hybridized carbons (Fsp3) is 1.00. The molecule has 2 nitrogen and oxygen atoms in total. The minimum absolute atomic E-state index is 0.851. The molecule has 6 heavy (non-hydrogen) atoms. The summed E-state index contributed by atoms with van der Waals surface area (Å²) in [5, 5.41) is 0. The fourth-order valence-electron chi connectivity index (χ4n) is 0.246. The van der Waals surface area contributed by atoms with E-state index in [1.165, 1.54) is 0 Å². The molecule has 0 heterocycles. The van der Waals surface area contributed by atoms with Gasteiger partial charge in [-0.15, -0.1) is 0 Å². The molecule has 0 amide bonds. The molecule has 0 fully saturated rings. The molecule has 0 rings (SSSR count). The standard InChI is InChI=1S/C4H11NO/c1-6-4-2-3-5/h2-5H2,1H3/p+1. The van der Waals surface area contributed by atoms with Crippen molar-refractivity contribution in [1.29, 1.82) is 0 Å². The average Bonchev–Trinajstić information content (AvgIpc) is 1.61. The van der Waals surface area contributed by atoms with Crippen LogP contribution in [0.2, 0.25) is 0 Å². The van der Waals surface area contributed by atoms with Gasteiger partial charge in [0.15, 0.2) is 0 Å². The maximum Gasteiger partial charge on any atom is 0.0762 e. The highest BCUT2D eigenvalue weighted by molar-refractivity contribution is 4.24. The van der Waals surface area contributed by atoms with E-state index < -0.39 is 0 Å². The number of methoxy groups -OCH3 is 1. The third kappa shape index (κ3) is 3.92. The summed E-state index contributed by atoms with van der Waals surface area (Å²) in [6.45, 7) is 1.83. The molecule has 0 aromatic heterocycles. The van der Waals surface area contributed by atoms with Crippen LogP contribution >= 0.6 is 0 Å². The highest BCUT2D eigenvalue weighted by Gasteiger charge is 1.77. The van der Waals surface area contributed by atoms with Crippen molar-refractivity contribution >= 4 is 0 Å². The Balaban J connectivity index is 2.34. The van der Waals surface area contributed by atoms with Gasteiger partial charge < -0.3 is 10.5 Å². The number of rotatable bonds is 3. The normalized spacial score (nSPS) is 9.00. The molecule has 0 aromatic carbocycles. The lowest BCUT2D eigenvalue weighted by molar-refractivity contribution is -0.369. The Labute approximate surface area is 38.3 Å². The number of quaternary nitrogens is 1. The van der Waals surface area contributed by atoms with Crippen LogP contribution in [0.4, 0.5) is 0 Å². The summed E-state index contributed by atoms with van der Waals surface area (Å²) in [5.74, 6) is 0. The Hall–Kier alpha value is -0.0800. The third-order valence-electron chi connectivity index (χ3n) is 0.598. The van der Waals surface area contributed by atoms with E-state index in [0.29, 0.717) is 0 Å². The van der Waals surface area contributed by atoms with Crippen LogP contribution in [0, 0.1) is 0 Å². The van der Waals surface area contributed by atoms with Crippen LogP contribution in [0.3, 0.4) is 0 Å². The van der Waals surface area contributed by atoms with E-state index in [9.17, 15) is 0 Å². The molecule has 0 aliphatic heterocycles. The van der Waals surface area contributed by atoms with Gasteiger partial charge >= 0.3 is 0 Å². The fourth-order valence-corrected chi connectivity index (χ4v) is 0.246. The summed E-state index contributed by atoms with van der Waals surface area (Å²) in [5.41, 5.74) is 3.64. The predicted octanol–water partition coefficient (Wildman–Crippen LogP) is -0.735. The van der Waals surface area contributed by atoms with E-state index in [0.717, 1.165) is 19.6 Å². The summed E-state index contributed by atoms with van der Waals surface area (Å²) in [7, 11) is 1.70. The first-order valence-electron chi connectivity index (χ1n) is 2.20. The van der Waals surface area contributed by atoms with Crippen molar-refractivity contribution in [2.75, 3.05) is 20.3 Å². The Kier molecular flexibility index (Phi) is 4.85. The van der Waals surface area contributed by atoms with Gasteiger partial charge in [-0.05, 0) is 0 Å². The van der Waals surface area contributed by atoms with Gasteiger partial charge in [0.1, 0.15) is 0 Å². The van der Waals surface area contributed by atoms with Crippen LogP contribution < -0.4 is 5.73 Å². The van der Waals surface area contributed by atoms with Crippen molar-refractivity contribution in [3.05, 3.63) is 0 Å². The Morgan fingerprint density at radius 2 is 2.33 bits per heavy atom. The molecule has 0 aromatic rings. The quantitative estimate of drug-likeness (QED) is 0.455. The smallest absolute Gasteiger partial charge is 0.0762 e. The van der Waals surface area contributed by atoms with Crippen LogP contribution in [0.25, 0.3) is 0 Å². The monoisotopic (exact) mass is 90.1 g/mol. The van der Waals surface area contributed by atoms with Gasteiger partial charge in [-0.2, -0.15) is 0 Å². The highest BCUT2D eigenvalue weighted by Crippen LogP contribution is 1.69. The summed E-state index contributed by atoms with van der Waals surface area (Å²) < 4.78 is 4.74. The molecule has 0 unspecified atom stereocenters. The number of hydrogen-bond donors (Lipinski definition) is 1. The molecule has 2 heteroatoms. The van der Waals surface area contributed by atoms with Gasteiger partial charge in [-0.3, -0.25) is 0 Å². The first-order chi connectivity index (χ1) is 2.91. The molecule has 38 valence electrons. The van der Waals surface area contributed by atoms with Crippen molar-refractivity contribution in [2.45, 2.75) is 6.42 Å². The second-order valence-corrected chi connectivity index (χ2v) is 1.20. The second-order valence-electron chi connectivity index (χ2n) is 1.20. The second kappa shape index (κ2) is 4.92. The molecule has 0 saturated carbocycles. The molecule has 0 radical (unpaired) electrons. The molecule has 0 bridgehead atoms. The number of hydrogen-bond acceptors (Lipinski definition) is 1. The summed E-state index contributed by atoms with van der Waals surface area (Å²) >= 11 is 0. The molecule has 0 spiro atoms. The minimum Gasteiger partial charge on any atom is -0.384 e. The van der Waals surface area contributed by atoms with Gasteiger partial charge in [-0.25, -0.2) is 0 Å². The van der Waals surface area contributed by atoms with E-state index in [4.69, 9.17) is 4.74 Å². The zero-order chi connectivity index (χ0) is 4.83. The van der Waals surface area contributed by atoms with Crippen molar-refractivity contribution in [1.82, 2.24) is 0 Å². The maximum absolute atomic E-state index is 4.74. The Morgan fingerprint density at radius 3 is 2.50 bits per heavy atom. The van der Waals surface area contributed by atoms with E-state index in [1.54, 1.807) is 7.11 Å². The van der Waals surface area contributed by atoms with E-state index in [1.807, 2.05) is 0 Å².